The average molecular weight is 373 g/mol. The number of hydrogen-bond donors (Lipinski definition) is 1. The molecule has 1 saturated heterocycles. The molecule has 1 aliphatic heterocycles. The zero-order chi connectivity index (χ0) is 18.9. The first-order valence-corrected chi connectivity index (χ1v) is 8.67. The summed E-state index contributed by atoms with van der Waals surface area (Å²) in [4.78, 5) is 28.0. The van der Waals surface area contributed by atoms with Gasteiger partial charge < -0.3 is 10.2 Å². The molecule has 0 aromatic carbocycles. The summed E-state index contributed by atoms with van der Waals surface area (Å²) in [6.07, 6.45) is -1.30. The van der Waals surface area contributed by atoms with Crippen LogP contribution in [0.2, 0.25) is 0 Å². The smallest absolute Gasteiger partial charge is 0.352 e. The van der Waals surface area contributed by atoms with Crippen molar-refractivity contribution in [1.29, 1.82) is 0 Å². The monoisotopic (exact) mass is 373 g/mol. The standard InChI is InChI=1S/C16H22F3N5O2/c1-11(15(26)20-12-2-3-12)22-6-8-23(9-7-22)14(25)10-24-5-4-13(21-24)16(17,18)19/h4-5,11-12H,2-3,6-10H2,1H3,(H,20,26). The van der Waals surface area contributed by atoms with Gasteiger partial charge >= 0.3 is 6.18 Å². The van der Waals surface area contributed by atoms with Crippen LogP contribution in [0.15, 0.2) is 12.3 Å². The minimum atomic E-state index is -4.52. The van der Waals surface area contributed by atoms with Crippen LogP contribution >= 0.6 is 0 Å². The summed E-state index contributed by atoms with van der Waals surface area (Å²) in [7, 11) is 0. The summed E-state index contributed by atoms with van der Waals surface area (Å²) in [5, 5.41) is 6.36. The van der Waals surface area contributed by atoms with Crippen LogP contribution in [0.25, 0.3) is 0 Å². The molecule has 1 N–H and O–H groups in total. The predicted octanol–water partition coefficient (Wildman–Crippen LogP) is 0.713. The van der Waals surface area contributed by atoms with Gasteiger partial charge in [0.2, 0.25) is 11.8 Å². The summed E-state index contributed by atoms with van der Waals surface area (Å²) < 4.78 is 38.7. The van der Waals surface area contributed by atoms with Gasteiger partial charge in [0.1, 0.15) is 6.54 Å². The van der Waals surface area contributed by atoms with Crippen molar-refractivity contribution in [2.45, 2.75) is 44.6 Å². The highest BCUT2D eigenvalue weighted by molar-refractivity contribution is 5.82. The van der Waals surface area contributed by atoms with Crippen LogP contribution in [-0.4, -0.2) is 69.7 Å². The van der Waals surface area contributed by atoms with Crippen LogP contribution in [0, 0.1) is 0 Å². The number of carbonyl (C=O) groups excluding carboxylic acids is 2. The minimum Gasteiger partial charge on any atom is -0.352 e. The first-order chi connectivity index (χ1) is 12.2. The molecule has 1 atom stereocenters. The molecule has 1 unspecified atom stereocenters. The topological polar surface area (TPSA) is 70.5 Å². The van der Waals surface area contributed by atoms with E-state index in [2.05, 4.69) is 10.4 Å². The van der Waals surface area contributed by atoms with Crippen molar-refractivity contribution in [3.63, 3.8) is 0 Å². The number of halogens is 3. The Morgan fingerprint density at radius 1 is 1.27 bits per heavy atom. The quantitative estimate of drug-likeness (QED) is 0.826. The number of nitrogens with one attached hydrogen (secondary N) is 1. The SMILES string of the molecule is CC(C(=O)NC1CC1)N1CCN(C(=O)Cn2ccc(C(F)(F)F)n2)CC1. The Bertz CT molecular complexity index is 663. The molecule has 2 amide bonds. The molecule has 1 aromatic heterocycles. The average Bonchev–Trinajstić information content (AvgIpc) is 3.27. The fraction of sp³-hybridized carbons (Fsp3) is 0.688. The number of nitrogens with zero attached hydrogens (tertiary/aromatic N) is 4. The van der Waals surface area contributed by atoms with E-state index in [1.54, 1.807) is 4.90 Å². The van der Waals surface area contributed by atoms with Gasteiger partial charge in [0.05, 0.1) is 6.04 Å². The lowest BCUT2D eigenvalue weighted by Crippen LogP contribution is -2.55. The van der Waals surface area contributed by atoms with Crippen LogP contribution in [0.4, 0.5) is 13.2 Å². The molecule has 2 aliphatic rings. The van der Waals surface area contributed by atoms with Crippen LogP contribution in [-0.2, 0) is 22.3 Å². The van der Waals surface area contributed by atoms with Crippen LogP contribution < -0.4 is 5.32 Å². The van der Waals surface area contributed by atoms with Crippen molar-refractivity contribution >= 4 is 11.8 Å². The molecule has 0 radical (unpaired) electrons. The van der Waals surface area contributed by atoms with Gasteiger partial charge in [-0.3, -0.25) is 19.2 Å². The number of piperazine rings is 1. The van der Waals surface area contributed by atoms with Gasteiger partial charge in [0, 0.05) is 38.4 Å². The normalized spacial score (nSPS) is 20.1. The molecule has 1 aliphatic carbocycles. The highest BCUT2D eigenvalue weighted by Crippen LogP contribution is 2.27. The Morgan fingerprint density at radius 2 is 1.92 bits per heavy atom. The van der Waals surface area contributed by atoms with Crippen LogP contribution in [0.5, 0.6) is 0 Å². The van der Waals surface area contributed by atoms with Gasteiger partial charge in [-0.15, -0.1) is 0 Å². The molecule has 10 heteroatoms. The van der Waals surface area contributed by atoms with Gasteiger partial charge in [-0.2, -0.15) is 18.3 Å². The number of amides is 2. The maximum absolute atomic E-state index is 12.6. The number of aromatic nitrogens is 2. The Morgan fingerprint density at radius 3 is 2.46 bits per heavy atom. The van der Waals surface area contributed by atoms with Crippen molar-refractivity contribution in [2.75, 3.05) is 26.2 Å². The Kier molecular flexibility index (Phi) is 5.22. The fourth-order valence-electron chi connectivity index (χ4n) is 2.91. The zero-order valence-corrected chi connectivity index (χ0v) is 14.5. The number of rotatable bonds is 5. The maximum Gasteiger partial charge on any atom is 0.435 e. The van der Waals surface area contributed by atoms with Gasteiger partial charge in [-0.05, 0) is 25.8 Å². The molecule has 1 aromatic rings. The van der Waals surface area contributed by atoms with Crippen LogP contribution in [0.3, 0.4) is 0 Å². The Labute approximate surface area is 149 Å². The highest BCUT2D eigenvalue weighted by atomic mass is 19.4. The van der Waals surface area contributed by atoms with Gasteiger partial charge in [-0.25, -0.2) is 0 Å². The van der Waals surface area contributed by atoms with Crippen molar-refractivity contribution in [3.8, 4) is 0 Å². The molecular weight excluding hydrogens is 351 g/mol. The summed E-state index contributed by atoms with van der Waals surface area (Å²) in [6, 6.07) is 0.905. The number of carbonyl (C=O) groups is 2. The third-order valence-electron chi connectivity index (χ3n) is 4.75. The maximum atomic E-state index is 12.6. The summed E-state index contributed by atoms with van der Waals surface area (Å²) in [6.45, 7) is 3.60. The second-order valence-corrected chi connectivity index (χ2v) is 6.77. The van der Waals surface area contributed by atoms with E-state index in [0.29, 0.717) is 32.2 Å². The van der Waals surface area contributed by atoms with E-state index < -0.39 is 11.9 Å². The first kappa shape index (κ1) is 18.7. The lowest BCUT2D eigenvalue weighted by molar-refractivity contribution is -0.142. The molecule has 2 heterocycles. The van der Waals surface area contributed by atoms with Crippen molar-refractivity contribution < 1.29 is 22.8 Å². The van der Waals surface area contributed by atoms with Crippen molar-refractivity contribution in [2.24, 2.45) is 0 Å². The second-order valence-electron chi connectivity index (χ2n) is 6.77. The highest BCUT2D eigenvalue weighted by Gasteiger charge is 2.34. The predicted molar refractivity (Wildman–Crippen MR) is 86.0 cm³/mol. The minimum absolute atomic E-state index is 0.00324. The fourth-order valence-corrected chi connectivity index (χ4v) is 2.91. The van der Waals surface area contributed by atoms with E-state index in [-0.39, 0.29) is 24.4 Å². The van der Waals surface area contributed by atoms with Crippen molar-refractivity contribution in [3.05, 3.63) is 18.0 Å². The molecule has 1 saturated carbocycles. The number of hydrogen-bond acceptors (Lipinski definition) is 4. The molecule has 0 spiro atoms. The van der Waals surface area contributed by atoms with E-state index in [4.69, 9.17) is 0 Å². The lowest BCUT2D eigenvalue weighted by atomic mass is 10.2. The first-order valence-electron chi connectivity index (χ1n) is 8.67. The lowest BCUT2D eigenvalue weighted by Gasteiger charge is -2.37. The Balaban J connectivity index is 1.47. The Hall–Kier alpha value is -2.10. The summed E-state index contributed by atoms with van der Waals surface area (Å²) in [5.74, 6) is -0.278. The molecular formula is C16H22F3N5O2. The zero-order valence-electron chi connectivity index (χ0n) is 14.5. The molecule has 2 fully saturated rings. The largest absolute Gasteiger partial charge is 0.435 e. The van der Waals surface area contributed by atoms with E-state index in [1.807, 2.05) is 11.8 Å². The van der Waals surface area contributed by atoms with Crippen molar-refractivity contribution in [1.82, 2.24) is 24.9 Å². The van der Waals surface area contributed by atoms with Gasteiger partial charge in [-0.1, -0.05) is 0 Å². The molecule has 3 rings (SSSR count). The molecule has 0 bridgehead atoms. The summed E-state index contributed by atoms with van der Waals surface area (Å²) in [5.41, 5.74) is -1.01. The van der Waals surface area contributed by atoms with E-state index >= 15 is 0 Å². The third-order valence-corrected chi connectivity index (χ3v) is 4.75. The molecule has 26 heavy (non-hydrogen) atoms. The third kappa shape index (κ3) is 4.54. The molecule has 144 valence electrons. The van der Waals surface area contributed by atoms with Gasteiger partial charge in [0.25, 0.3) is 0 Å². The number of alkyl halides is 3. The molecule has 7 nitrogen and oxygen atoms in total. The summed E-state index contributed by atoms with van der Waals surface area (Å²) >= 11 is 0. The van der Waals surface area contributed by atoms with E-state index in [0.717, 1.165) is 29.8 Å². The van der Waals surface area contributed by atoms with E-state index in [1.165, 1.54) is 0 Å². The second kappa shape index (κ2) is 7.26. The van der Waals surface area contributed by atoms with Crippen LogP contribution in [0.1, 0.15) is 25.5 Å². The van der Waals surface area contributed by atoms with E-state index in [9.17, 15) is 22.8 Å². The van der Waals surface area contributed by atoms with Gasteiger partial charge in [0.15, 0.2) is 5.69 Å².